The van der Waals surface area contributed by atoms with Crippen LogP contribution in [0.2, 0.25) is 0 Å². The van der Waals surface area contributed by atoms with Crippen molar-refractivity contribution < 1.29 is 14.4 Å². The molecule has 0 spiro atoms. The highest BCUT2D eigenvalue weighted by Gasteiger charge is 2.24. The Morgan fingerprint density at radius 1 is 1.50 bits per heavy atom. The first-order chi connectivity index (χ1) is 8.61. The van der Waals surface area contributed by atoms with Gasteiger partial charge in [0.15, 0.2) is 11.4 Å². The summed E-state index contributed by atoms with van der Waals surface area (Å²) in [7, 11) is 3.00. The zero-order valence-electron chi connectivity index (χ0n) is 11.0. The minimum absolute atomic E-state index is 0.299. The van der Waals surface area contributed by atoms with Crippen molar-refractivity contribution in [3.63, 3.8) is 0 Å². The van der Waals surface area contributed by atoms with Gasteiger partial charge in [0.25, 0.3) is 5.91 Å². The molecule has 0 N–H and O–H groups in total. The lowest BCUT2D eigenvalue weighted by molar-refractivity contribution is -0.0762. The second kappa shape index (κ2) is 5.35. The van der Waals surface area contributed by atoms with E-state index in [2.05, 4.69) is 4.98 Å². The summed E-state index contributed by atoms with van der Waals surface area (Å²) in [6, 6.07) is 3.63. The van der Waals surface area contributed by atoms with Crippen LogP contribution in [-0.2, 0) is 4.84 Å². The van der Waals surface area contributed by atoms with E-state index in [0.29, 0.717) is 24.0 Å². The van der Waals surface area contributed by atoms with E-state index in [9.17, 15) is 4.79 Å². The van der Waals surface area contributed by atoms with Crippen molar-refractivity contribution in [1.82, 2.24) is 10.0 Å². The number of nitrogens with zero attached hydrogens (tertiary/aromatic N) is 2. The molecule has 0 unspecified atom stereocenters. The summed E-state index contributed by atoms with van der Waals surface area (Å²) >= 11 is 0. The van der Waals surface area contributed by atoms with Crippen molar-refractivity contribution in [3.8, 4) is 5.75 Å². The predicted molar refractivity (Wildman–Crippen MR) is 66.3 cm³/mol. The zero-order chi connectivity index (χ0) is 13.1. The van der Waals surface area contributed by atoms with Gasteiger partial charge in [0, 0.05) is 12.7 Å². The summed E-state index contributed by atoms with van der Waals surface area (Å²) in [5.41, 5.74) is 1.08. The number of aromatic nitrogens is 1. The first-order valence-corrected chi connectivity index (χ1v) is 6.04. The van der Waals surface area contributed by atoms with Gasteiger partial charge in [0.2, 0.25) is 0 Å². The third-order valence-corrected chi connectivity index (χ3v) is 2.93. The fourth-order valence-corrected chi connectivity index (χ4v) is 1.54. The van der Waals surface area contributed by atoms with Gasteiger partial charge in [0.1, 0.15) is 0 Å². The van der Waals surface area contributed by atoms with Crippen LogP contribution in [0.1, 0.15) is 29.0 Å². The number of ether oxygens (including phenoxy) is 1. The number of pyridine rings is 1. The maximum atomic E-state index is 12.1. The first kappa shape index (κ1) is 12.8. The molecule has 1 aromatic rings. The van der Waals surface area contributed by atoms with Crippen molar-refractivity contribution in [2.45, 2.75) is 19.8 Å². The topological polar surface area (TPSA) is 51.7 Å². The summed E-state index contributed by atoms with van der Waals surface area (Å²) in [5.74, 6) is 0.864. The smallest absolute Gasteiger partial charge is 0.299 e. The second-order valence-electron chi connectivity index (χ2n) is 4.54. The van der Waals surface area contributed by atoms with Crippen molar-refractivity contribution in [2.75, 3.05) is 20.8 Å². The fraction of sp³-hybridized carbons (Fsp3) is 0.538. The van der Waals surface area contributed by atoms with Crippen molar-refractivity contribution in [2.24, 2.45) is 5.92 Å². The highest BCUT2D eigenvalue weighted by molar-refractivity contribution is 5.94. The molecule has 2 rings (SSSR count). The Morgan fingerprint density at radius 2 is 2.22 bits per heavy atom. The molecule has 5 nitrogen and oxygen atoms in total. The zero-order valence-corrected chi connectivity index (χ0v) is 11.0. The average Bonchev–Trinajstić information content (AvgIpc) is 3.19. The summed E-state index contributed by atoms with van der Waals surface area (Å²) in [6.07, 6.45) is 2.42. The van der Waals surface area contributed by atoms with Crippen LogP contribution < -0.4 is 4.74 Å². The van der Waals surface area contributed by atoms with Crippen LogP contribution in [0.25, 0.3) is 0 Å². The summed E-state index contributed by atoms with van der Waals surface area (Å²) < 4.78 is 5.67. The van der Waals surface area contributed by atoms with Gasteiger partial charge in [-0.05, 0) is 37.8 Å². The van der Waals surface area contributed by atoms with Gasteiger partial charge < -0.3 is 4.74 Å². The Labute approximate surface area is 107 Å². The van der Waals surface area contributed by atoms with E-state index in [1.54, 1.807) is 13.1 Å². The maximum absolute atomic E-state index is 12.1. The van der Waals surface area contributed by atoms with Gasteiger partial charge in [0.05, 0.1) is 13.7 Å². The van der Waals surface area contributed by atoms with Gasteiger partial charge >= 0.3 is 0 Å². The summed E-state index contributed by atoms with van der Waals surface area (Å²) in [5, 5.41) is 1.14. The van der Waals surface area contributed by atoms with Gasteiger partial charge in [-0.1, -0.05) is 0 Å². The molecule has 5 heteroatoms. The lowest BCUT2D eigenvalue weighted by Crippen LogP contribution is -2.27. The van der Waals surface area contributed by atoms with Crippen LogP contribution in [0.15, 0.2) is 12.1 Å². The number of aryl methyl sites for hydroxylation is 1. The third-order valence-electron chi connectivity index (χ3n) is 2.93. The lowest BCUT2D eigenvalue weighted by atomic mass is 10.2. The molecule has 1 aliphatic rings. The SMILES string of the molecule is CON(C)C(=O)c1nc(C)ccc1OCC1CC1. The highest BCUT2D eigenvalue weighted by atomic mass is 16.7. The van der Waals surface area contributed by atoms with E-state index < -0.39 is 0 Å². The average molecular weight is 250 g/mol. The van der Waals surface area contributed by atoms with Crippen LogP contribution in [0.5, 0.6) is 5.75 Å². The van der Waals surface area contributed by atoms with Crippen LogP contribution in [0, 0.1) is 12.8 Å². The number of rotatable bonds is 5. The number of amides is 1. The van der Waals surface area contributed by atoms with Crippen LogP contribution in [-0.4, -0.2) is 36.7 Å². The monoisotopic (exact) mass is 250 g/mol. The molecular formula is C13H18N2O3. The van der Waals surface area contributed by atoms with Crippen molar-refractivity contribution in [1.29, 1.82) is 0 Å². The van der Waals surface area contributed by atoms with E-state index in [1.165, 1.54) is 20.0 Å². The minimum atomic E-state index is -0.299. The van der Waals surface area contributed by atoms with Gasteiger partial charge in [-0.2, -0.15) is 0 Å². The highest BCUT2D eigenvalue weighted by Crippen LogP contribution is 2.30. The molecule has 1 aliphatic carbocycles. The Balaban J connectivity index is 2.18. The van der Waals surface area contributed by atoms with E-state index in [1.807, 2.05) is 13.0 Å². The molecule has 1 aromatic heterocycles. The Hall–Kier alpha value is -1.62. The van der Waals surface area contributed by atoms with Crippen LogP contribution in [0.3, 0.4) is 0 Å². The molecule has 1 amide bonds. The number of carbonyl (C=O) groups excluding carboxylic acids is 1. The lowest BCUT2D eigenvalue weighted by Gasteiger charge is -2.16. The minimum Gasteiger partial charge on any atom is -0.491 e. The summed E-state index contributed by atoms with van der Waals surface area (Å²) in [4.78, 5) is 21.2. The fourth-order valence-electron chi connectivity index (χ4n) is 1.54. The predicted octanol–water partition coefficient (Wildman–Crippen LogP) is 1.81. The van der Waals surface area contributed by atoms with Gasteiger partial charge in [-0.25, -0.2) is 10.0 Å². The third kappa shape index (κ3) is 2.98. The molecule has 0 aromatic carbocycles. The number of hydrogen-bond donors (Lipinski definition) is 0. The summed E-state index contributed by atoms with van der Waals surface area (Å²) in [6.45, 7) is 2.50. The Bertz CT molecular complexity index is 444. The second-order valence-corrected chi connectivity index (χ2v) is 4.54. The number of hydrogen-bond acceptors (Lipinski definition) is 4. The molecule has 1 fully saturated rings. The molecule has 1 heterocycles. The molecule has 0 aliphatic heterocycles. The Morgan fingerprint density at radius 3 is 2.83 bits per heavy atom. The van der Waals surface area contributed by atoms with E-state index in [0.717, 1.165) is 10.8 Å². The quantitative estimate of drug-likeness (QED) is 0.748. The van der Waals surface area contributed by atoms with Crippen molar-refractivity contribution >= 4 is 5.91 Å². The van der Waals surface area contributed by atoms with Crippen molar-refractivity contribution in [3.05, 3.63) is 23.5 Å². The standard InChI is InChI=1S/C13H18N2O3/c1-9-4-7-11(18-8-10-5-6-10)12(14-9)13(16)15(2)17-3/h4,7,10H,5-6,8H2,1-3H3. The molecule has 0 radical (unpaired) electrons. The Kier molecular flexibility index (Phi) is 3.81. The molecule has 98 valence electrons. The molecule has 1 saturated carbocycles. The molecule has 18 heavy (non-hydrogen) atoms. The molecule has 0 atom stereocenters. The maximum Gasteiger partial charge on any atom is 0.299 e. The van der Waals surface area contributed by atoms with Gasteiger partial charge in [-0.15, -0.1) is 0 Å². The molecule has 0 saturated heterocycles. The van der Waals surface area contributed by atoms with Gasteiger partial charge in [-0.3, -0.25) is 9.63 Å². The molecular weight excluding hydrogens is 232 g/mol. The first-order valence-electron chi connectivity index (χ1n) is 6.04. The van der Waals surface area contributed by atoms with E-state index in [-0.39, 0.29) is 5.91 Å². The molecule has 0 bridgehead atoms. The van der Waals surface area contributed by atoms with E-state index >= 15 is 0 Å². The van der Waals surface area contributed by atoms with Crippen LogP contribution in [0.4, 0.5) is 0 Å². The largest absolute Gasteiger partial charge is 0.491 e. The number of hydroxylamine groups is 2. The normalized spacial score (nSPS) is 14.4. The van der Waals surface area contributed by atoms with E-state index in [4.69, 9.17) is 9.57 Å². The number of carbonyl (C=O) groups is 1. The van der Waals surface area contributed by atoms with Crippen LogP contribution >= 0.6 is 0 Å².